The Morgan fingerprint density at radius 2 is 1.61 bits per heavy atom. The molecule has 0 atom stereocenters. The second-order valence-electron chi connectivity index (χ2n) is 5.86. The largest absolute Gasteiger partial charge is 0.469 e. The first-order valence-corrected chi connectivity index (χ1v) is 6.71. The quantitative estimate of drug-likeness (QED) is 0.416. The van der Waals surface area contributed by atoms with Gasteiger partial charge in [-0.3, -0.25) is 4.79 Å². The van der Waals surface area contributed by atoms with Gasteiger partial charge < -0.3 is 14.0 Å². The SMILES string of the molecule is COC(=O)CCCCCB1OC(C)(C)C(C)(C)O1. The summed E-state index contributed by atoms with van der Waals surface area (Å²) in [4.78, 5) is 10.9. The van der Waals surface area contributed by atoms with Gasteiger partial charge in [-0.25, -0.2) is 0 Å². The molecule has 0 amide bonds. The van der Waals surface area contributed by atoms with E-state index >= 15 is 0 Å². The third-order valence-corrected chi connectivity index (χ3v) is 3.85. The number of hydrogen-bond donors (Lipinski definition) is 0. The number of carbonyl (C=O) groups excluding carboxylic acids is 1. The minimum Gasteiger partial charge on any atom is -0.469 e. The molecule has 0 spiro atoms. The molecule has 0 radical (unpaired) electrons. The molecule has 0 bridgehead atoms. The highest BCUT2D eigenvalue weighted by atomic mass is 16.7. The molecule has 18 heavy (non-hydrogen) atoms. The first-order chi connectivity index (χ1) is 8.28. The van der Waals surface area contributed by atoms with Gasteiger partial charge in [0, 0.05) is 6.42 Å². The summed E-state index contributed by atoms with van der Waals surface area (Å²) >= 11 is 0. The normalized spacial score (nSPS) is 21.1. The molecule has 4 nitrogen and oxygen atoms in total. The molecule has 0 aromatic carbocycles. The molecule has 1 fully saturated rings. The molecule has 0 aromatic rings. The monoisotopic (exact) mass is 256 g/mol. The molecular weight excluding hydrogens is 231 g/mol. The summed E-state index contributed by atoms with van der Waals surface area (Å²) in [6.45, 7) is 8.24. The number of esters is 1. The summed E-state index contributed by atoms with van der Waals surface area (Å²) in [5.41, 5.74) is -0.493. The molecular formula is C13H25BO4. The molecule has 0 aliphatic carbocycles. The Kier molecular flexibility index (Phi) is 5.23. The van der Waals surface area contributed by atoms with E-state index in [0.29, 0.717) is 6.42 Å². The Balaban J connectivity index is 2.17. The maximum Gasteiger partial charge on any atom is 0.457 e. The lowest BCUT2D eigenvalue weighted by Crippen LogP contribution is -2.41. The third kappa shape index (κ3) is 3.99. The summed E-state index contributed by atoms with van der Waals surface area (Å²) in [7, 11) is 1.31. The van der Waals surface area contributed by atoms with Gasteiger partial charge >= 0.3 is 13.1 Å². The van der Waals surface area contributed by atoms with Gasteiger partial charge in [0.1, 0.15) is 0 Å². The number of carbonyl (C=O) groups is 1. The van der Waals surface area contributed by atoms with Crippen molar-refractivity contribution >= 4 is 13.1 Å². The lowest BCUT2D eigenvalue weighted by Gasteiger charge is -2.32. The van der Waals surface area contributed by atoms with Gasteiger partial charge in [0.15, 0.2) is 0 Å². The van der Waals surface area contributed by atoms with Gasteiger partial charge in [-0.15, -0.1) is 0 Å². The van der Waals surface area contributed by atoms with E-state index in [1.807, 2.05) is 0 Å². The van der Waals surface area contributed by atoms with Crippen LogP contribution in [-0.4, -0.2) is 31.4 Å². The van der Waals surface area contributed by atoms with E-state index in [1.54, 1.807) is 0 Å². The number of ether oxygens (including phenoxy) is 1. The van der Waals surface area contributed by atoms with Gasteiger partial charge in [-0.05, 0) is 40.4 Å². The minimum atomic E-state index is -0.246. The second kappa shape index (κ2) is 6.07. The van der Waals surface area contributed by atoms with Crippen LogP contribution in [0.15, 0.2) is 0 Å². The van der Waals surface area contributed by atoms with Crippen molar-refractivity contribution in [1.29, 1.82) is 0 Å². The van der Waals surface area contributed by atoms with Crippen LogP contribution in [0.5, 0.6) is 0 Å². The molecule has 0 saturated carbocycles. The van der Waals surface area contributed by atoms with Crippen LogP contribution < -0.4 is 0 Å². The number of methoxy groups -OCH3 is 1. The Hall–Kier alpha value is -0.545. The minimum absolute atomic E-state index is 0.117. The van der Waals surface area contributed by atoms with Gasteiger partial charge in [0.25, 0.3) is 0 Å². The highest BCUT2D eigenvalue weighted by Gasteiger charge is 2.50. The van der Waals surface area contributed by atoms with E-state index in [2.05, 4.69) is 32.4 Å². The summed E-state index contributed by atoms with van der Waals surface area (Å²) in [5.74, 6) is -0.134. The fourth-order valence-corrected chi connectivity index (χ4v) is 1.94. The van der Waals surface area contributed by atoms with Crippen LogP contribution in [0, 0.1) is 0 Å². The van der Waals surface area contributed by atoms with Gasteiger partial charge in [0.2, 0.25) is 0 Å². The van der Waals surface area contributed by atoms with E-state index in [1.165, 1.54) is 7.11 Å². The van der Waals surface area contributed by atoms with Crippen LogP contribution in [0.1, 0.15) is 53.4 Å². The average Bonchev–Trinajstić information content (AvgIpc) is 2.46. The van der Waals surface area contributed by atoms with E-state index in [0.717, 1.165) is 25.6 Å². The average molecular weight is 256 g/mol. The molecule has 5 heteroatoms. The van der Waals surface area contributed by atoms with Crippen LogP contribution in [0.4, 0.5) is 0 Å². The van der Waals surface area contributed by atoms with Crippen molar-refractivity contribution < 1.29 is 18.8 Å². The molecule has 1 aliphatic rings. The summed E-state index contributed by atoms with van der Waals surface area (Å²) < 4.78 is 16.4. The standard InChI is InChI=1S/C13H25BO4/c1-12(2)13(3,4)18-14(17-12)10-8-6-7-9-11(15)16-5/h6-10H2,1-5H3. The van der Waals surface area contributed by atoms with Crippen molar-refractivity contribution in [3.05, 3.63) is 0 Å². The van der Waals surface area contributed by atoms with Crippen LogP contribution >= 0.6 is 0 Å². The first-order valence-electron chi connectivity index (χ1n) is 6.71. The zero-order valence-corrected chi connectivity index (χ0v) is 12.2. The Labute approximate surface area is 111 Å². The van der Waals surface area contributed by atoms with Crippen molar-refractivity contribution in [2.45, 2.75) is 70.9 Å². The van der Waals surface area contributed by atoms with E-state index in [9.17, 15) is 4.79 Å². The maximum atomic E-state index is 10.9. The van der Waals surface area contributed by atoms with Crippen molar-refractivity contribution in [2.24, 2.45) is 0 Å². The predicted molar refractivity (Wildman–Crippen MR) is 71.4 cm³/mol. The number of hydrogen-bond acceptors (Lipinski definition) is 4. The van der Waals surface area contributed by atoms with E-state index in [4.69, 9.17) is 9.31 Å². The molecule has 1 saturated heterocycles. The smallest absolute Gasteiger partial charge is 0.457 e. The predicted octanol–water partition coefficient (Wildman–Crippen LogP) is 2.81. The highest BCUT2D eigenvalue weighted by molar-refractivity contribution is 6.45. The summed E-state index contributed by atoms with van der Waals surface area (Å²) in [5, 5.41) is 0. The Morgan fingerprint density at radius 1 is 1.06 bits per heavy atom. The molecule has 104 valence electrons. The molecule has 1 heterocycles. The van der Waals surface area contributed by atoms with Crippen LogP contribution in [0.3, 0.4) is 0 Å². The summed E-state index contributed by atoms with van der Waals surface area (Å²) in [6, 6.07) is 0. The zero-order chi connectivity index (χ0) is 13.8. The highest BCUT2D eigenvalue weighted by Crippen LogP contribution is 2.38. The Bertz CT molecular complexity index is 273. The maximum absolute atomic E-state index is 10.9. The van der Waals surface area contributed by atoms with Crippen molar-refractivity contribution in [3.8, 4) is 0 Å². The fourth-order valence-electron chi connectivity index (χ4n) is 1.94. The molecule has 0 unspecified atom stereocenters. The zero-order valence-electron chi connectivity index (χ0n) is 12.2. The molecule has 0 N–H and O–H groups in total. The first kappa shape index (κ1) is 15.5. The van der Waals surface area contributed by atoms with Crippen LogP contribution in [0.25, 0.3) is 0 Å². The summed E-state index contributed by atoms with van der Waals surface area (Å²) in [6.07, 6.45) is 4.26. The molecule has 1 rings (SSSR count). The van der Waals surface area contributed by atoms with Gasteiger partial charge in [-0.1, -0.05) is 12.8 Å². The van der Waals surface area contributed by atoms with Gasteiger partial charge in [-0.2, -0.15) is 0 Å². The molecule has 0 aromatic heterocycles. The third-order valence-electron chi connectivity index (χ3n) is 3.85. The van der Waals surface area contributed by atoms with E-state index in [-0.39, 0.29) is 24.3 Å². The van der Waals surface area contributed by atoms with Crippen LogP contribution in [-0.2, 0) is 18.8 Å². The van der Waals surface area contributed by atoms with Crippen LogP contribution in [0.2, 0.25) is 6.32 Å². The Morgan fingerprint density at radius 3 is 2.11 bits per heavy atom. The second-order valence-corrected chi connectivity index (χ2v) is 5.86. The van der Waals surface area contributed by atoms with Crippen molar-refractivity contribution in [3.63, 3.8) is 0 Å². The van der Waals surface area contributed by atoms with Crippen molar-refractivity contribution in [2.75, 3.05) is 7.11 Å². The lowest BCUT2D eigenvalue weighted by molar-refractivity contribution is -0.140. The van der Waals surface area contributed by atoms with Crippen molar-refractivity contribution in [1.82, 2.24) is 0 Å². The number of rotatable bonds is 6. The number of unbranched alkanes of at least 4 members (excludes halogenated alkanes) is 2. The molecule has 1 aliphatic heterocycles. The topological polar surface area (TPSA) is 44.8 Å². The fraction of sp³-hybridized carbons (Fsp3) is 0.923. The van der Waals surface area contributed by atoms with Gasteiger partial charge in [0.05, 0.1) is 18.3 Å². The lowest BCUT2D eigenvalue weighted by atomic mass is 9.82. The van der Waals surface area contributed by atoms with E-state index < -0.39 is 0 Å².